The maximum Gasteiger partial charge on any atom is 0.318 e. The standard InChI is InChI=1S/C28H36N4O2/c1-4-20-16-18-22(19-17-20)32-26(30-24-15-11-10-14-23(24)27(32)33)25(5-2)31(6-3)28(34)29-21-12-8-7-9-13-21/h10-11,14-19,21,25H,4-9,12-13H2,1-3H3,(H,29,34). The number of urea groups is 1. The average molecular weight is 461 g/mol. The summed E-state index contributed by atoms with van der Waals surface area (Å²) in [6.45, 7) is 6.69. The van der Waals surface area contributed by atoms with Gasteiger partial charge < -0.3 is 10.2 Å². The van der Waals surface area contributed by atoms with Crippen molar-refractivity contribution in [3.05, 3.63) is 70.3 Å². The Hall–Kier alpha value is -3.15. The molecule has 1 atom stereocenters. The first kappa shape index (κ1) is 24.0. The summed E-state index contributed by atoms with van der Waals surface area (Å²) in [5.74, 6) is 0.607. The van der Waals surface area contributed by atoms with Crippen molar-refractivity contribution in [3.63, 3.8) is 0 Å². The lowest BCUT2D eigenvalue weighted by Crippen LogP contribution is -2.47. The molecule has 6 heteroatoms. The molecule has 1 fully saturated rings. The van der Waals surface area contributed by atoms with Crippen LogP contribution in [-0.2, 0) is 6.42 Å². The Labute approximate surface area is 202 Å². The molecule has 3 aromatic rings. The summed E-state index contributed by atoms with van der Waals surface area (Å²) >= 11 is 0. The van der Waals surface area contributed by atoms with E-state index in [0.29, 0.717) is 29.7 Å². The van der Waals surface area contributed by atoms with E-state index in [1.54, 1.807) is 4.57 Å². The fraction of sp³-hybridized carbons (Fsp3) is 0.464. The van der Waals surface area contributed by atoms with Gasteiger partial charge in [-0.3, -0.25) is 9.36 Å². The number of amides is 2. The van der Waals surface area contributed by atoms with Crippen LogP contribution in [0.3, 0.4) is 0 Å². The number of nitrogens with one attached hydrogen (secondary N) is 1. The van der Waals surface area contributed by atoms with Crippen LogP contribution in [0.2, 0.25) is 0 Å². The summed E-state index contributed by atoms with van der Waals surface area (Å²) in [4.78, 5) is 33.9. The van der Waals surface area contributed by atoms with Gasteiger partial charge in [0.05, 0.1) is 22.6 Å². The van der Waals surface area contributed by atoms with Crippen molar-refractivity contribution in [3.8, 4) is 5.69 Å². The Morgan fingerprint density at radius 2 is 1.76 bits per heavy atom. The van der Waals surface area contributed by atoms with Gasteiger partial charge in [-0.15, -0.1) is 0 Å². The third-order valence-electron chi connectivity index (χ3n) is 7.00. The topological polar surface area (TPSA) is 67.2 Å². The zero-order chi connectivity index (χ0) is 24.1. The molecule has 1 aromatic heterocycles. The quantitative estimate of drug-likeness (QED) is 0.487. The Morgan fingerprint density at radius 3 is 2.41 bits per heavy atom. The largest absolute Gasteiger partial charge is 0.335 e. The van der Waals surface area contributed by atoms with Crippen molar-refractivity contribution in [1.82, 2.24) is 19.8 Å². The molecule has 1 aliphatic carbocycles. The number of hydrogen-bond acceptors (Lipinski definition) is 3. The first-order chi connectivity index (χ1) is 16.6. The fourth-order valence-electron chi connectivity index (χ4n) is 5.06. The fourth-order valence-corrected chi connectivity index (χ4v) is 5.06. The van der Waals surface area contributed by atoms with E-state index in [1.165, 1.54) is 12.0 Å². The van der Waals surface area contributed by atoms with E-state index in [4.69, 9.17) is 4.98 Å². The Morgan fingerprint density at radius 1 is 1.06 bits per heavy atom. The molecule has 6 nitrogen and oxygen atoms in total. The van der Waals surface area contributed by atoms with Gasteiger partial charge in [-0.1, -0.05) is 57.4 Å². The zero-order valence-electron chi connectivity index (χ0n) is 20.6. The van der Waals surface area contributed by atoms with E-state index < -0.39 is 0 Å². The van der Waals surface area contributed by atoms with Crippen molar-refractivity contribution >= 4 is 16.9 Å². The Kier molecular flexibility index (Phi) is 7.66. The number of hydrogen-bond donors (Lipinski definition) is 1. The summed E-state index contributed by atoms with van der Waals surface area (Å²) in [6, 6.07) is 15.3. The number of carbonyl (C=O) groups excluding carboxylic acids is 1. The first-order valence-electron chi connectivity index (χ1n) is 12.8. The van der Waals surface area contributed by atoms with Gasteiger partial charge in [0.15, 0.2) is 0 Å². The third kappa shape index (κ3) is 4.86. The lowest BCUT2D eigenvalue weighted by Gasteiger charge is -2.33. The van der Waals surface area contributed by atoms with Gasteiger partial charge in [-0.05, 0) is 62.4 Å². The van der Waals surface area contributed by atoms with E-state index in [2.05, 4.69) is 24.4 Å². The molecule has 0 spiro atoms. The van der Waals surface area contributed by atoms with Crippen LogP contribution in [-0.4, -0.2) is 33.1 Å². The van der Waals surface area contributed by atoms with Gasteiger partial charge in [-0.25, -0.2) is 9.78 Å². The number of nitrogens with zero attached hydrogens (tertiary/aromatic N) is 3. The zero-order valence-corrected chi connectivity index (χ0v) is 20.6. The first-order valence-corrected chi connectivity index (χ1v) is 12.8. The molecule has 1 N–H and O–H groups in total. The Balaban J connectivity index is 1.80. The number of fused-ring (bicyclic) bond motifs is 1. The van der Waals surface area contributed by atoms with Crippen LogP contribution in [0.25, 0.3) is 16.6 Å². The summed E-state index contributed by atoms with van der Waals surface area (Å²) < 4.78 is 1.70. The smallest absolute Gasteiger partial charge is 0.318 e. The molecule has 0 aliphatic heterocycles. The molecule has 2 amide bonds. The molecule has 1 unspecified atom stereocenters. The molecule has 0 radical (unpaired) electrons. The lowest BCUT2D eigenvalue weighted by atomic mass is 9.96. The van der Waals surface area contributed by atoms with E-state index in [-0.39, 0.29) is 23.7 Å². The second-order valence-electron chi connectivity index (χ2n) is 9.14. The van der Waals surface area contributed by atoms with Gasteiger partial charge in [0.1, 0.15) is 5.82 Å². The molecule has 4 rings (SSSR count). The highest BCUT2D eigenvalue weighted by molar-refractivity contribution is 5.78. The maximum absolute atomic E-state index is 13.7. The van der Waals surface area contributed by atoms with Crippen molar-refractivity contribution in [2.24, 2.45) is 0 Å². The lowest BCUT2D eigenvalue weighted by molar-refractivity contribution is 0.165. The molecule has 34 heavy (non-hydrogen) atoms. The van der Waals surface area contributed by atoms with Crippen LogP contribution < -0.4 is 10.9 Å². The second-order valence-corrected chi connectivity index (χ2v) is 9.14. The van der Waals surface area contributed by atoms with Crippen molar-refractivity contribution in [1.29, 1.82) is 0 Å². The minimum atomic E-state index is -0.322. The molecule has 180 valence electrons. The molecule has 1 saturated carbocycles. The van der Waals surface area contributed by atoms with Gasteiger partial charge in [0, 0.05) is 12.6 Å². The van der Waals surface area contributed by atoms with Crippen LogP contribution in [0.5, 0.6) is 0 Å². The van der Waals surface area contributed by atoms with E-state index >= 15 is 0 Å². The summed E-state index contributed by atoms with van der Waals surface area (Å²) in [5.41, 5.74) is 2.54. The number of aryl methyl sites for hydroxylation is 1. The Bertz CT molecular complexity index is 1180. The molecular weight excluding hydrogens is 424 g/mol. The minimum absolute atomic E-state index is 0.0726. The number of carbonyl (C=O) groups is 1. The number of aromatic nitrogens is 2. The van der Waals surface area contributed by atoms with Gasteiger partial charge in [-0.2, -0.15) is 0 Å². The average Bonchev–Trinajstić information content (AvgIpc) is 2.88. The van der Waals surface area contributed by atoms with Crippen LogP contribution >= 0.6 is 0 Å². The summed E-state index contributed by atoms with van der Waals surface area (Å²) in [5, 5.41) is 3.83. The van der Waals surface area contributed by atoms with Gasteiger partial charge >= 0.3 is 6.03 Å². The highest BCUT2D eigenvalue weighted by atomic mass is 16.2. The van der Waals surface area contributed by atoms with E-state index in [9.17, 15) is 9.59 Å². The maximum atomic E-state index is 13.7. The predicted octanol–water partition coefficient (Wildman–Crippen LogP) is 5.76. The summed E-state index contributed by atoms with van der Waals surface area (Å²) in [6.07, 6.45) is 7.21. The SMILES string of the molecule is CCc1ccc(-n2c(C(CC)N(CC)C(=O)NC3CCCCC3)nc3ccccc3c2=O)cc1. The second kappa shape index (κ2) is 10.9. The van der Waals surface area contributed by atoms with Crippen LogP contribution in [0.1, 0.15) is 76.7 Å². The van der Waals surface area contributed by atoms with Crippen LogP contribution in [0, 0.1) is 0 Å². The molecule has 1 aliphatic rings. The number of rotatable bonds is 7. The van der Waals surface area contributed by atoms with Gasteiger partial charge in [0.2, 0.25) is 0 Å². The molecule has 0 bridgehead atoms. The van der Waals surface area contributed by atoms with Crippen LogP contribution in [0.15, 0.2) is 53.3 Å². The summed E-state index contributed by atoms with van der Waals surface area (Å²) in [7, 11) is 0. The highest BCUT2D eigenvalue weighted by Crippen LogP contribution is 2.27. The molecular formula is C28H36N4O2. The number of para-hydroxylation sites is 1. The van der Waals surface area contributed by atoms with E-state index in [0.717, 1.165) is 37.8 Å². The van der Waals surface area contributed by atoms with E-state index in [1.807, 2.05) is 55.1 Å². The third-order valence-corrected chi connectivity index (χ3v) is 7.00. The highest BCUT2D eigenvalue weighted by Gasteiger charge is 2.29. The van der Waals surface area contributed by atoms with Crippen molar-refractivity contribution in [2.45, 2.75) is 77.8 Å². The van der Waals surface area contributed by atoms with Crippen molar-refractivity contribution in [2.75, 3.05) is 6.54 Å². The predicted molar refractivity (Wildman–Crippen MR) is 138 cm³/mol. The van der Waals surface area contributed by atoms with Crippen molar-refractivity contribution < 1.29 is 4.79 Å². The molecule has 2 aromatic carbocycles. The van der Waals surface area contributed by atoms with Gasteiger partial charge in [0.25, 0.3) is 5.56 Å². The monoisotopic (exact) mass is 460 g/mol. The normalized spacial score (nSPS) is 15.3. The molecule has 1 heterocycles. The number of benzene rings is 2. The minimum Gasteiger partial charge on any atom is -0.335 e. The molecule has 0 saturated heterocycles. The van der Waals surface area contributed by atoms with Crippen LogP contribution in [0.4, 0.5) is 4.79 Å².